The highest BCUT2D eigenvalue weighted by atomic mass is 35.5. The molecule has 2 rings (SSSR count). The lowest BCUT2D eigenvalue weighted by Gasteiger charge is -2.29. The van der Waals surface area contributed by atoms with Crippen LogP contribution in [0.4, 0.5) is 5.69 Å². The first kappa shape index (κ1) is 16.1. The molecule has 2 N–H and O–H groups in total. The molecule has 21 heavy (non-hydrogen) atoms. The summed E-state index contributed by atoms with van der Waals surface area (Å²) >= 11 is 5.98. The van der Waals surface area contributed by atoms with E-state index in [1.165, 1.54) is 0 Å². The third-order valence-electron chi connectivity index (χ3n) is 3.51. The van der Waals surface area contributed by atoms with Gasteiger partial charge in [0.25, 0.3) is 5.91 Å². The fourth-order valence-corrected chi connectivity index (χ4v) is 2.61. The molecule has 1 atom stereocenters. The van der Waals surface area contributed by atoms with Crippen LogP contribution in [0.25, 0.3) is 0 Å². The number of carbonyl (C=O) groups is 1. The highest BCUT2D eigenvalue weighted by molar-refractivity contribution is 6.31. The van der Waals surface area contributed by atoms with Gasteiger partial charge in [0.1, 0.15) is 0 Å². The van der Waals surface area contributed by atoms with Gasteiger partial charge in [-0.25, -0.2) is 0 Å². The van der Waals surface area contributed by atoms with Crippen molar-refractivity contribution in [3.8, 4) is 0 Å². The van der Waals surface area contributed by atoms with E-state index in [2.05, 4.69) is 15.5 Å². The molecule has 1 aliphatic rings. The topological polar surface area (TPSA) is 53.6 Å². The first-order valence-corrected chi connectivity index (χ1v) is 7.56. The van der Waals surface area contributed by atoms with Crippen LogP contribution < -0.4 is 10.6 Å². The minimum atomic E-state index is -0.109. The summed E-state index contributed by atoms with van der Waals surface area (Å²) in [7, 11) is 1.79. The number of morpholine rings is 1. The second-order valence-electron chi connectivity index (χ2n) is 5.23. The average molecular weight is 312 g/mol. The molecule has 0 radical (unpaired) electrons. The summed E-state index contributed by atoms with van der Waals surface area (Å²) in [6.07, 6.45) is 0. The molecule has 0 saturated carbocycles. The van der Waals surface area contributed by atoms with Crippen molar-refractivity contribution < 1.29 is 9.53 Å². The Hall–Kier alpha value is -1.30. The Kier molecular flexibility index (Phi) is 5.85. The van der Waals surface area contributed by atoms with E-state index >= 15 is 0 Å². The van der Waals surface area contributed by atoms with Gasteiger partial charge in [0, 0.05) is 43.4 Å². The van der Waals surface area contributed by atoms with Crippen molar-refractivity contribution in [2.24, 2.45) is 0 Å². The minimum Gasteiger partial charge on any atom is -0.387 e. The molecule has 5 nitrogen and oxygen atoms in total. The van der Waals surface area contributed by atoms with E-state index < -0.39 is 0 Å². The van der Waals surface area contributed by atoms with Crippen molar-refractivity contribution in [3.63, 3.8) is 0 Å². The molecule has 6 heteroatoms. The monoisotopic (exact) mass is 311 g/mol. The summed E-state index contributed by atoms with van der Waals surface area (Å²) in [5.74, 6) is -0.109. The van der Waals surface area contributed by atoms with E-state index in [0.717, 1.165) is 38.5 Å². The number of ether oxygens (including phenoxy) is 1. The summed E-state index contributed by atoms with van der Waals surface area (Å²) in [6, 6.07) is 5.33. The molecule has 0 aromatic heterocycles. The zero-order valence-electron chi connectivity index (χ0n) is 12.5. The number of hydrogen-bond acceptors (Lipinski definition) is 4. The molecular formula is C15H22ClN3O2. The Bertz CT molecular complexity index is 490. The van der Waals surface area contributed by atoms with Gasteiger partial charge in [-0.15, -0.1) is 0 Å². The van der Waals surface area contributed by atoms with Crippen LogP contribution in [-0.2, 0) is 4.74 Å². The van der Waals surface area contributed by atoms with Crippen molar-refractivity contribution in [2.45, 2.75) is 13.0 Å². The molecule has 0 aliphatic carbocycles. The summed E-state index contributed by atoms with van der Waals surface area (Å²) in [5, 5.41) is 6.59. The van der Waals surface area contributed by atoms with Crippen LogP contribution in [0.3, 0.4) is 0 Å². The predicted octanol–water partition coefficient (Wildman–Crippen LogP) is 1.83. The number of anilines is 1. The fourth-order valence-electron chi connectivity index (χ4n) is 2.44. The Morgan fingerprint density at radius 2 is 2.14 bits per heavy atom. The molecule has 0 bridgehead atoms. The Morgan fingerprint density at radius 1 is 1.43 bits per heavy atom. The third kappa shape index (κ3) is 4.59. The molecule has 1 aliphatic heterocycles. The smallest absolute Gasteiger partial charge is 0.253 e. The van der Waals surface area contributed by atoms with Gasteiger partial charge >= 0.3 is 0 Å². The molecule has 1 saturated heterocycles. The summed E-state index contributed by atoms with van der Waals surface area (Å²) in [6.45, 7) is 6.19. The lowest BCUT2D eigenvalue weighted by atomic mass is 10.1. The van der Waals surface area contributed by atoms with Gasteiger partial charge in [0.15, 0.2) is 0 Å². The number of amides is 1. The van der Waals surface area contributed by atoms with Crippen LogP contribution in [-0.4, -0.2) is 56.7 Å². The zero-order chi connectivity index (χ0) is 15.2. The standard InChI is InChI=1S/C15H22ClN3O2/c1-11(10-19-5-7-21-8-6-19)18-15(20)13-9-12(16)3-4-14(13)17-2/h3-4,9,11,17H,5-8,10H2,1-2H3,(H,18,20). The van der Waals surface area contributed by atoms with Crippen molar-refractivity contribution in [2.75, 3.05) is 45.2 Å². The lowest BCUT2D eigenvalue weighted by Crippen LogP contribution is -2.46. The van der Waals surface area contributed by atoms with Gasteiger partial charge in [0.05, 0.1) is 18.8 Å². The van der Waals surface area contributed by atoms with E-state index in [1.807, 2.05) is 13.0 Å². The van der Waals surface area contributed by atoms with E-state index in [4.69, 9.17) is 16.3 Å². The first-order valence-electron chi connectivity index (χ1n) is 7.18. The van der Waals surface area contributed by atoms with Crippen molar-refractivity contribution in [1.29, 1.82) is 0 Å². The number of nitrogens with zero attached hydrogens (tertiary/aromatic N) is 1. The SMILES string of the molecule is CNc1ccc(Cl)cc1C(=O)NC(C)CN1CCOCC1. The van der Waals surface area contributed by atoms with Crippen LogP contribution >= 0.6 is 11.6 Å². The highest BCUT2D eigenvalue weighted by Gasteiger charge is 2.17. The fraction of sp³-hybridized carbons (Fsp3) is 0.533. The molecule has 1 unspecified atom stereocenters. The zero-order valence-corrected chi connectivity index (χ0v) is 13.2. The van der Waals surface area contributed by atoms with Crippen LogP contribution in [0.1, 0.15) is 17.3 Å². The molecule has 1 aromatic carbocycles. The van der Waals surface area contributed by atoms with Crippen LogP contribution in [0.15, 0.2) is 18.2 Å². The summed E-state index contributed by atoms with van der Waals surface area (Å²) in [5.41, 5.74) is 1.34. The highest BCUT2D eigenvalue weighted by Crippen LogP contribution is 2.20. The quantitative estimate of drug-likeness (QED) is 0.871. The summed E-state index contributed by atoms with van der Waals surface area (Å²) < 4.78 is 5.32. The van der Waals surface area contributed by atoms with E-state index in [-0.39, 0.29) is 11.9 Å². The van der Waals surface area contributed by atoms with Gasteiger partial charge < -0.3 is 15.4 Å². The molecular weight excluding hydrogens is 290 g/mol. The molecule has 1 fully saturated rings. The summed E-state index contributed by atoms with van der Waals surface area (Å²) in [4.78, 5) is 14.7. The third-order valence-corrected chi connectivity index (χ3v) is 3.74. The van der Waals surface area contributed by atoms with Crippen molar-refractivity contribution in [1.82, 2.24) is 10.2 Å². The first-order chi connectivity index (χ1) is 10.1. The van der Waals surface area contributed by atoms with Gasteiger partial charge in [-0.2, -0.15) is 0 Å². The van der Waals surface area contributed by atoms with Crippen LogP contribution in [0.2, 0.25) is 5.02 Å². The van der Waals surface area contributed by atoms with E-state index in [0.29, 0.717) is 10.6 Å². The Morgan fingerprint density at radius 3 is 2.81 bits per heavy atom. The van der Waals surface area contributed by atoms with Crippen LogP contribution in [0.5, 0.6) is 0 Å². The predicted molar refractivity (Wildman–Crippen MR) is 85.2 cm³/mol. The molecule has 116 valence electrons. The Labute approximate surface area is 130 Å². The maximum absolute atomic E-state index is 12.4. The number of hydrogen-bond donors (Lipinski definition) is 2. The maximum atomic E-state index is 12.4. The van der Waals surface area contributed by atoms with E-state index in [1.54, 1.807) is 19.2 Å². The number of rotatable bonds is 5. The van der Waals surface area contributed by atoms with Gasteiger partial charge in [0.2, 0.25) is 0 Å². The molecule has 1 heterocycles. The van der Waals surface area contributed by atoms with Crippen molar-refractivity contribution >= 4 is 23.2 Å². The van der Waals surface area contributed by atoms with Gasteiger partial charge in [-0.05, 0) is 25.1 Å². The average Bonchev–Trinajstić information content (AvgIpc) is 2.48. The molecule has 0 spiro atoms. The number of nitrogens with one attached hydrogen (secondary N) is 2. The largest absolute Gasteiger partial charge is 0.387 e. The minimum absolute atomic E-state index is 0.0688. The lowest BCUT2D eigenvalue weighted by molar-refractivity contribution is 0.0342. The number of benzene rings is 1. The number of carbonyl (C=O) groups excluding carboxylic acids is 1. The molecule has 1 amide bonds. The van der Waals surface area contributed by atoms with Crippen LogP contribution in [0, 0.1) is 0 Å². The normalized spacial score (nSPS) is 17.3. The number of halogens is 1. The van der Waals surface area contributed by atoms with Crippen molar-refractivity contribution in [3.05, 3.63) is 28.8 Å². The second kappa shape index (κ2) is 7.64. The van der Waals surface area contributed by atoms with E-state index in [9.17, 15) is 4.79 Å². The van der Waals surface area contributed by atoms with Gasteiger partial charge in [-0.1, -0.05) is 11.6 Å². The Balaban J connectivity index is 1.95. The van der Waals surface area contributed by atoms with Gasteiger partial charge in [-0.3, -0.25) is 9.69 Å². The molecule has 1 aromatic rings. The second-order valence-corrected chi connectivity index (χ2v) is 5.66. The maximum Gasteiger partial charge on any atom is 0.253 e.